The molecule has 1 nitrogen and oxygen atoms in total. The maximum absolute atomic E-state index is 13.4. The SMILES string of the molecule is Cc1ncccc1Cc1ccccc1F. The summed E-state index contributed by atoms with van der Waals surface area (Å²) in [5.41, 5.74) is 2.75. The van der Waals surface area contributed by atoms with Gasteiger partial charge in [0, 0.05) is 18.3 Å². The van der Waals surface area contributed by atoms with Crippen molar-refractivity contribution in [1.29, 1.82) is 0 Å². The standard InChI is InChI=1S/C13H12FN/c1-10-11(6-4-8-15-10)9-12-5-2-3-7-13(12)14/h2-8H,9H2,1H3. The number of hydrogen-bond acceptors (Lipinski definition) is 1. The highest BCUT2D eigenvalue weighted by Gasteiger charge is 2.04. The molecule has 2 rings (SSSR count). The molecule has 0 fully saturated rings. The van der Waals surface area contributed by atoms with E-state index in [4.69, 9.17) is 0 Å². The fraction of sp³-hybridized carbons (Fsp3) is 0.154. The van der Waals surface area contributed by atoms with E-state index in [1.54, 1.807) is 12.3 Å². The molecule has 0 aliphatic carbocycles. The number of pyridine rings is 1. The van der Waals surface area contributed by atoms with Crippen LogP contribution in [0, 0.1) is 12.7 Å². The summed E-state index contributed by atoms with van der Waals surface area (Å²) in [5, 5.41) is 0. The molecule has 15 heavy (non-hydrogen) atoms. The second-order valence-electron chi connectivity index (χ2n) is 3.52. The summed E-state index contributed by atoms with van der Waals surface area (Å²) in [6.45, 7) is 1.94. The first-order chi connectivity index (χ1) is 7.27. The van der Waals surface area contributed by atoms with Gasteiger partial charge in [-0.2, -0.15) is 0 Å². The summed E-state index contributed by atoms with van der Waals surface area (Å²) in [5.74, 6) is -0.152. The number of benzene rings is 1. The quantitative estimate of drug-likeness (QED) is 0.727. The van der Waals surface area contributed by atoms with E-state index in [-0.39, 0.29) is 5.82 Å². The first-order valence-corrected chi connectivity index (χ1v) is 4.91. The highest BCUT2D eigenvalue weighted by Crippen LogP contribution is 2.14. The van der Waals surface area contributed by atoms with Crippen LogP contribution in [-0.2, 0) is 6.42 Å². The van der Waals surface area contributed by atoms with Crippen molar-refractivity contribution < 1.29 is 4.39 Å². The van der Waals surface area contributed by atoms with Gasteiger partial charge in [0.25, 0.3) is 0 Å². The van der Waals surface area contributed by atoms with Crippen LogP contribution >= 0.6 is 0 Å². The molecular weight excluding hydrogens is 189 g/mol. The van der Waals surface area contributed by atoms with Crippen LogP contribution in [0.3, 0.4) is 0 Å². The molecule has 2 aromatic rings. The number of aromatic nitrogens is 1. The van der Waals surface area contributed by atoms with Gasteiger partial charge in [-0.25, -0.2) is 4.39 Å². The smallest absolute Gasteiger partial charge is 0.126 e. The van der Waals surface area contributed by atoms with Crippen LogP contribution in [0.25, 0.3) is 0 Å². The molecule has 0 bridgehead atoms. The van der Waals surface area contributed by atoms with Crippen molar-refractivity contribution in [2.24, 2.45) is 0 Å². The van der Waals surface area contributed by atoms with Gasteiger partial charge in [0.2, 0.25) is 0 Å². The number of aryl methyl sites for hydroxylation is 1. The average molecular weight is 201 g/mol. The molecule has 1 heterocycles. The highest BCUT2D eigenvalue weighted by molar-refractivity contribution is 5.28. The van der Waals surface area contributed by atoms with Crippen LogP contribution in [0.2, 0.25) is 0 Å². The molecule has 0 saturated carbocycles. The minimum absolute atomic E-state index is 0.152. The Morgan fingerprint density at radius 3 is 2.53 bits per heavy atom. The lowest BCUT2D eigenvalue weighted by Crippen LogP contribution is -1.96. The van der Waals surface area contributed by atoms with Crippen molar-refractivity contribution in [2.45, 2.75) is 13.3 Å². The Labute approximate surface area is 88.6 Å². The molecule has 0 unspecified atom stereocenters. The normalized spacial score (nSPS) is 10.3. The van der Waals surface area contributed by atoms with Crippen molar-refractivity contribution in [3.63, 3.8) is 0 Å². The zero-order valence-electron chi connectivity index (χ0n) is 8.57. The number of nitrogens with zero attached hydrogens (tertiary/aromatic N) is 1. The first kappa shape index (κ1) is 9.84. The molecule has 0 amide bonds. The first-order valence-electron chi connectivity index (χ1n) is 4.91. The molecule has 1 aromatic heterocycles. The van der Waals surface area contributed by atoms with Gasteiger partial charge in [-0.1, -0.05) is 24.3 Å². The Kier molecular flexibility index (Phi) is 2.77. The number of halogens is 1. The predicted molar refractivity (Wildman–Crippen MR) is 58.2 cm³/mol. The lowest BCUT2D eigenvalue weighted by atomic mass is 10.0. The topological polar surface area (TPSA) is 12.9 Å². The van der Waals surface area contributed by atoms with Gasteiger partial charge in [0.05, 0.1) is 0 Å². The van der Waals surface area contributed by atoms with E-state index >= 15 is 0 Å². The van der Waals surface area contributed by atoms with Crippen molar-refractivity contribution in [3.05, 3.63) is 65.2 Å². The molecular formula is C13H12FN. The molecule has 0 saturated heterocycles. The van der Waals surface area contributed by atoms with E-state index in [0.29, 0.717) is 12.0 Å². The predicted octanol–water partition coefficient (Wildman–Crippen LogP) is 3.12. The van der Waals surface area contributed by atoms with Crippen LogP contribution in [-0.4, -0.2) is 4.98 Å². The summed E-state index contributed by atoms with van der Waals surface area (Å²) in [6, 6.07) is 10.7. The molecule has 0 N–H and O–H groups in total. The van der Waals surface area contributed by atoms with Gasteiger partial charge in [-0.05, 0) is 30.2 Å². The van der Waals surface area contributed by atoms with Gasteiger partial charge < -0.3 is 0 Å². The number of hydrogen-bond donors (Lipinski definition) is 0. The summed E-state index contributed by atoms with van der Waals surface area (Å²) < 4.78 is 13.4. The fourth-order valence-electron chi connectivity index (χ4n) is 1.55. The molecule has 2 heteroatoms. The van der Waals surface area contributed by atoms with E-state index in [2.05, 4.69) is 4.98 Å². The van der Waals surface area contributed by atoms with Crippen LogP contribution in [0.1, 0.15) is 16.8 Å². The fourth-order valence-corrected chi connectivity index (χ4v) is 1.55. The Balaban J connectivity index is 2.30. The van der Waals surface area contributed by atoms with E-state index in [1.807, 2.05) is 31.2 Å². The van der Waals surface area contributed by atoms with Crippen molar-refractivity contribution in [2.75, 3.05) is 0 Å². The minimum atomic E-state index is -0.152. The average Bonchev–Trinajstić information content (AvgIpc) is 2.24. The lowest BCUT2D eigenvalue weighted by molar-refractivity contribution is 0.613. The van der Waals surface area contributed by atoms with Crippen LogP contribution in [0.15, 0.2) is 42.6 Å². The maximum atomic E-state index is 13.4. The third-order valence-corrected chi connectivity index (χ3v) is 2.46. The third kappa shape index (κ3) is 2.21. The second-order valence-corrected chi connectivity index (χ2v) is 3.52. The van der Waals surface area contributed by atoms with Crippen LogP contribution < -0.4 is 0 Å². The molecule has 76 valence electrons. The number of rotatable bonds is 2. The van der Waals surface area contributed by atoms with Crippen LogP contribution in [0.4, 0.5) is 4.39 Å². The molecule has 0 spiro atoms. The zero-order chi connectivity index (χ0) is 10.7. The Morgan fingerprint density at radius 1 is 1.07 bits per heavy atom. The van der Waals surface area contributed by atoms with Gasteiger partial charge in [0.15, 0.2) is 0 Å². The van der Waals surface area contributed by atoms with Crippen LogP contribution in [0.5, 0.6) is 0 Å². The summed E-state index contributed by atoms with van der Waals surface area (Å²) >= 11 is 0. The monoisotopic (exact) mass is 201 g/mol. The molecule has 0 aliphatic heterocycles. The van der Waals surface area contributed by atoms with E-state index in [0.717, 1.165) is 11.3 Å². The van der Waals surface area contributed by atoms with Crippen molar-refractivity contribution in [1.82, 2.24) is 4.98 Å². The lowest BCUT2D eigenvalue weighted by Gasteiger charge is -2.05. The van der Waals surface area contributed by atoms with Gasteiger partial charge in [-0.3, -0.25) is 4.98 Å². The van der Waals surface area contributed by atoms with Gasteiger partial charge in [0.1, 0.15) is 5.82 Å². The molecule has 0 atom stereocenters. The Hall–Kier alpha value is -1.70. The minimum Gasteiger partial charge on any atom is -0.261 e. The molecule has 0 radical (unpaired) electrons. The zero-order valence-corrected chi connectivity index (χ0v) is 8.57. The second kappa shape index (κ2) is 4.22. The summed E-state index contributed by atoms with van der Waals surface area (Å²) in [6.07, 6.45) is 2.35. The Morgan fingerprint density at radius 2 is 1.80 bits per heavy atom. The van der Waals surface area contributed by atoms with Gasteiger partial charge >= 0.3 is 0 Å². The van der Waals surface area contributed by atoms with E-state index < -0.39 is 0 Å². The molecule has 1 aromatic carbocycles. The van der Waals surface area contributed by atoms with Crippen molar-refractivity contribution >= 4 is 0 Å². The third-order valence-electron chi connectivity index (χ3n) is 2.46. The summed E-state index contributed by atoms with van der Waals surface area (Å²) in [7, 11) is 0. The summed E-state index contributed by atoms with van der Waals surface area (Å²) in [4.78, 5) is 4.18. The Bertz CT molecular complexity index is 422. The molecule has 0 aliphatic rings. The largest absolute Gasteiger partial charge is 0.261 e. The maximum Gasteiger partial charge on any atom is 0.126 e. The van der Waals surface area contributed by atoms with Crippen molar-refractivity contribution in [3.8, 4) is 0 Å². The van der Waals surface area contributed by atoms with E-state index in [1.165, 1.54) is 6.07 Å². The van der Waals surface area contributed by atoms with E-state index in [9.17, 15) is 4.39 Å². The highest BCUT2D eigenvalue weighted by atomic mass is 19.1. The van der Waals surface area contributed by atoms with Gasteiger partial charge in [-0.15, -0.1) is 0 Å².